The zero-order valence-corrected chi connectivity index (χ0v) is 16.2. The molecule has 0 spiro atoms. The van der Waals surface area contributed by atoms with Gasteiger partial charge in [0.1, 0.15) is 11.5 Å². The zero-order valence-electron chi connectivity index (χ0n) is 15.4. The molecular weight excluding hydrogens is 358 g/mol. The Kier molecular flexibility index (Phi) is 4.53. The van der Waals surface area contributed by atoms with E-state index in [-0.39, 0.29) is 5.56 Å². The summed E-state index contributed by atoms with van der Waals surface area (Å²) in [5, 5.41) is 9.30. The molecule has 0 fully saturated rings. The second-order valence-electron chi connectivity index (χ2n) is 6.51. The Morgan fingerprint density at radius 1 is 1.00 bits per heavy atom. The summed E-state index contributed by atoms with van der Waals surface area (Å²) in [4.78, 5) is 17.0. The van der Waals surface area contributed by atoms with Crippen molar-refractivity contribution in [2.24, 2.45) is 0 Å². The number of fused-ring (bicyclic) bond motifs is 1. The van der Waals surface area contributed by atoms with Crippen LogP contribution in [0.5, 0.6) is 0 Å². The van der Waals surface area contributed by atoms with Crippen LogP contribution in [0.25, 0.3) is 11.3 Å². The van der Waals surface area contributed by atoms with Gasteiger partial charge in [-0.05, 0) is 56.2 Å². The molecule has 0 saturated heterocycles. The van der Waals surface area contributed by atoms with E-state index in [4.69, 9.17) is 0 Å². The average Bonchev–Trinajstić information content (AvgIpc) is 3.00. The molecule has 0 N–H and O–H groups in total. The first-order chi connectivity index (χ1) is 13.0. The Hall–Kier alpha value is -2.93. The molecule has 6 nitrogen and oxygen atoms in total. The summed E-state index contributed by atoms with van der Waals surface area (Å²) in [5.41, 5.74) is 4.59. The van der Waals surface area contributed by atoms with E-state index in [9.17, 15) is 4.79 Å². The van der Waals surface area contributed by atoms with Gasteiger partial charge in [-0.3, -0.25) is 13.8 Å². The van der Waals surface area contributed by atoms with Gasteiger partial charge >= 0.3 is 0 Å². The van der Waals surface area contributed by atoms with Gasteiger partial charge < -0.3 is 0 Å². The van der Waals surface area contributed by atoms with Crippen LogP contribution in [0.4, 0.5) is 0 Å². The van der Waals surface area contributed by atoms with Crippen molar-refractivity contribution in [3.05, 3.63) is 81.7 Å². The molecule has 0 amide bonds. The maximum atomic E-state index is 12.3. The van der Waals surface area contributed by atoms with E-state index < -0.39 is 0 Å². The number of rotatable bonds is 4. The molecule has 1 aromatic carbocycles. The van der Waals surface area contributed by atoms with Crippen LogP contribution in [0.1, 0.15) is 22.6 Å². The van der Waals surface area contributed by atoms with Gasteiger partial charge in [0.15, 0.2) is 5.16 Å². The molecule has 0 bridgehead atoms. The number of hydrogen-bond acceptors (Lipinski definition) is 5. The summed E-state index contributed by atoms with van der Waals surface area (Å²) in [6.07, 6.45) is 1.76. The highest BCUT2D eigenvalue weighted by atomic mass is 32.2. The maximum Gasteiger partial charge on any atom is 0.258 e. The molecule has 0 saturated carbocycles. The molecule has 136 valence electrons. The highest BCUT2D eigenvalue weighted by Crippen LogP contribution is 2.24. The lowest BCUT2D eigenvalue weighted by Gasteiger charge is -2.09. The third-order valence-corrected chi connectivity index (χ3v) is 5.24. The van der Waals surface area contributed by atoms with Gasteiger partial charge in [0.05, 0.1) is 5.69 Å². The first kappa shape index (κ1) is 17.5. The third kappa shape index (κ3) is 3.50. The molecule has 3 aromatic heterocycles. The lowest BCUT2D eigenvalue weighted by atomic mass is 10.2. The molecule has 0 radical (unpaired) electrons. The molecule has 0 aliphatic carbocycles. The maximum absolute atomic E-state index is 12.3. The van der Waals surface area contributed by atoms with Crippen molar-refractivity contribution in [3.63, 3.8) is 0 Å². The fourth-order valence-electron chi connectivity index (χ4n) is 2.97. The summed E-state index contributed by atoms with van der Waals surface area (Å²) in [7, 11) is 0. The van der Waals surface area contributed by atoms with Crippen LogP contribution in [0, 0.1) is 20.8 Å². The Morgan fingerprint density at radius 3 is 2.63 bits per heavy atom. The van der Waals surface area contributed by atoms with E-state index >= 15 is 0 Å². The van der Waals surface area contributed by atoms with Gasteiger partial charge in [0.2, 0.25) is 0 Å². The summed E-state index contributed by atoms with van der Waals surface area (Å²) in [6.45, 7) is 5.98. The number of pyridine rings is 1. The van der Waals surface area contributed by atoms with Crippen molar-refractivity contribution in [3.8, 4) is 5.69 Å². The van der Waals surface area contributed by atoms with Crippen LogP contribution in [-0.4, -0.2) is 24.1 Å². The van der Waals surface area contributed by atoms with Gasteiger partial charge in [-0.15, -0.1) is 10.2 Å². The van der Waals surface area contributed by atoms with Crippen molar-refractivity contribution in [2.75, 3.05) is 0 Å². The number of thioether (sulfide) groups is 1. The van der Waals surface area contributed by atoms with Crippen LogP contribution in [0.2, 0.25) is 0 Å². The Bertz CT molecular complexity index is 1190. The molecule has 4 rings (SSSR count). The van der Waals surface area contributed by atoms with Crippen LogP contribution in [0.3, 0.4) is 0 Å². The second kappa shape index (κ2) is 7.00. The van der Waals surface area contributed by atoms with Gasteiger partial charge in [0.25, 0.3) is 5.56 Å². The largest absolute Gasteiger partial charge is 0.274 e. The van der Waals surface area contributed by atoms with Crippen LogP contribution in [-0.2, 0) is 5.75 Å². The molecular formula is C20H19N5OS. The molecule has 3 heterocycles. The van der Waals surface area contributed by atoms with E-state index in [0.717, 1.165) is 27.9 Å². The fraction of sp³-hybridized carbons (Fsp3) is 0.200. The fourth-order valence-corrected chi connectivity index (χ4v) is 3.86. The Labute approximate surface area is 160 Å². The molecule has 27 heavy (non-hydrogen) atoms. The third-order valence-electron chi connectivity index (χ3n) is 4.28. The first-order valence-corrected chi connectivity index (χ1v) is 9.60. The molecule has 7 heteroatoms. The van der Waals surface area contributed by atoms with Crippen molar-refractivity contribution in [1.82, 2.24) is 24.1 Å². The van der Waals surface area contributed by atoms with E-state index in [1.54, 1.807) is 16.7 Å². The van der Waals surface area contributed by atoms with Gasteiger partial charge in [-0.2, -0.15) is 0 Å². The minimum atomic E-state index is -0.0769. The van der Waals surface area contributed by atoms with Crippen LogP contribution < -0.4 is 5.56 Å². The monoisotopic (exact) mass is 377 g/mol. The highest BCUT2D eigenvalue weighted by molar-refractivity contribution is 7.98. The topological polar surface area (TPSA) is 65.1 Å². The predicted octanol–water partition coefficient (Wildman–Crippen LogP) is 3.49. The summed E-state index contributed by atoms with van der Waals surface area (Å²) < 4.78 is 3.58. The highest BCUT2D eigenvalue weighted by Gasteiger charge is 2.13. The molecule has 4 aromatic rings. The quantitative estimate of drug-likeness (QED) is 0.509. The number of aryl methyl sites for hydroxylation is 3. The normalized spacial score (nSPS) is 11.2. The lowest BCUT2D eigenvalue weighted by Crippen LogP contribution is -2.15. The summed E-state index contributed by atoms with van der Waals surface area (Å²) in [5.74, 6) is 1.37. The zero-order chi connectivity index (χ0) is 19.0. The minimum absolute atomic E-state index is 0.0769. The van der Waals surface area contributed by atoms with Crippen molar-refractivity contribution >= 4 is 17.4 Å². The van der Waals surface area contributed by atoms with Crippen molar-refractivity contribution in [2.45, 2.75) is 31.7 Å². The minimum Gasteiger partial charge on any atom is -0.274 e. The number of benzene rings is 1. The van der Waals surface area contributed by atoms with Gasteiger partial charge in [-0.1, -0.05) is 23.9 Å². The van der Waals surface area contributed by atoms with Crippen LogP contribution in [0.15, 0.2) is 58.6 Å². The number of aromatic nitrogens is 5. The van der Waals surface area contributed by atoms with Gasteiger partial charge in [0, 0.05) is 23.7 Å². The average molecular weight is 377 g/mol. The van der Waals surface area contributed by atoms with Crippen LogP contribution >= 0.6 is 11.8 Å². The van der Waals surface area contributed by atoms with E-state index in [1.807, 2.05) is 42.7 Å². The van der Waals surface area contributed by atoms with E-state index in [2.05, 4.69) is 34.2 Å². The first-order valence-electron chi connectivity index (χ1n) is 8.62. The molecule has 0 aliphatic rings. The SMILES string of the molecule is Cc1cccc(-n2c(C)nnc2SCc2cc(=O)n3ccc(C)cc3n2)c1. The van der Waals surface area contributed by atoms with Gasteiger partial charge in [-0.25, -0.2) is 4.98 Å². The molecule has 0 aliphatic heterocycles. The van der Waals surface area contributed by atoms with Crippen molar-refractivity contribution < 1.29 is 0 Å². The van der Waals surface area contributed by atoms with E-state index in [1.165, 1.54) is 17.3 Å². The lowest BCUT2D eigenvalue weighted by molar-refractivity contribution is 0.866. The Balaban J connectivity index is 1.65. The standard InChI is InChI=1S/C20H19N5OS/c1-13-5-4-6-17(9-13)25-15(3)22-23-20(25)27-12-16-11-19(26)24-8-7-14(2)10-18(24)21-16/h4-11H,12H2,1-3H3. The molecule has 0 unspecified atom stereocenters. The summed E-state index contributed by atoms with van der Waals surface area (Å²) >= 11 is 1.52. The molecule has 0 atom stereocenters. The number of hydrogen-bond donors (Lipinski definition) is 0. The van der Waals surface area contributed by atoms with Crippen molar-refractivity contribution in [1.29, 1.82) is 0 Å². The summed E-state index contributed by atoms with van der Waals surface area (Å²) in [6, 6.07) is 13.6. The Morgan fingerprint density at radius 2 is 1.81 bits per heavy atom. The smallest absolute Gasteiger partial charge is 0.258 e. The number of nitrogens with zero attached hydrogens (tertiary/aromatic N) is 5. The second-order valence-corrected chi connectivity index (χ2v) is 7.45. The predicted molar refractivity (Wildman–Crippen MR) is 107 cm³/mol. The van der Waals surface area contributed by atoms with E-state index in [0.29, 0.717) is 11.4 Å².